The number of nitrogens with one attached hydrogen (secondary N) is 1. The van der Waals surface area contributed by atoms with Crippen molar-refractivity contribution in [2.75, 3.05) is 18.0 Å². The number of carbonyl (C=O) groups excluding carboxylic acids is 2. The first-order chi connectivity index (χ1) is 12.2. The number of rotatable bonds is 7. The van der Waals surface area contributed by atoms with Gasteiger partial charge in [0.15, 0.2) is 5.78 Å². The highest BCUT2D eigenvalue weighted by Gasteiger charge is 2.16. The Hall–Kier alpha value is -2.51. The van der Waals surface area contributed by atoms with Gasteiger partial charge in [0.1, 0.15) is 0 Å². The SMILES string of the molecule is CC(=O)c1ccc(N(CCNS(=O)(=O)c2cccc(C)c2)C(C)=O)cc1. The maximum Gasteiger partial charge on any atom is 0.240 e. The summed E-state index contributed by atoms with van der Waals surface area (Å²) < 4.78 is 27.2. The number of nitrogens with zero attached hydrogens (tertiary/aromatic N) is 1. The first kappa shape index (κ1) is 19.8. The van der Waals surface area contributed by atoms with Crippen molar-refractivity contribution in [1.82, 2.24) is 4.72 Å². The zero-order chi connectivity index (χ0) is 19.3. The maximum atomic E-state index is 12.3. The molecule has 0 aromatic heterocycles. The molecule has 26 heavy (non-hydrogen) atoms. The number of hydrogen-bond acceptors (Lipinski definition) is 4. The van der Waals surface area contributed by atoms with E-state index in [0.29, 0.717) is 11.3 Å². The molecule has 0 unspecified atom stereocenters. The average molecular weight is 374 g/mol. The quantitative estimate of drug-likeness (QED) is 0.755. The third-order valence-electron chi connectivity index (χ3n) is 3.89. The summed E-state index contributed by atoms with van der Waals surface area (Å²) in [6.45, 7) is 4.96. The van der Waals surface area contributed by atoms with Crippen LogP contribution in [0.2, 0.25) is 0 Å². The molecule has 6 nitrogen and oxygen atoms in total. The van der Waals surface area contributed by atoms with Gasteiger partial charge < -0.3 is 4.90 Å². The monoisotopic (exact) mass is 374 g/mol. The number of anilines is 1. The van der Waals surface area contributed by atoms with E-state index in [1.165, 1.54) is 24.8 Å². The lowest BCUT2D eigenvalue weighted by Crippen LogP contribution is -2.37. The van der Waals surface area contributed by atoms with Gasteiger partial charge in [0.05, 0.1) is 4.90 Å². The summed E-state index contributed by atoms with van der Waals surface area (Å²) in [4.78, 5) is 24.9. The summed E-state index contributed by atoms with van der Waals surface area (Å²) >= 11 is 0. The van der Waals surface area contributed by atoms with E-state index >= 15 is 0 Å². The van der Waals surface area contributed by atoms with Crippen molar-refractivity contribution >= 4 is 27.4 Å². The molecule has 0 fully saturated rings. The predicted octanol–water partition coefficient (Wildman–Crippen LogP) is 2.53. The minimum Gasteiger partial charge on any atom is -0.311 e. The molecule has 1 N–H and O–H groups in total. The number of sulfonamides is 1. The van der Waals surface area contributed by atoms with E-state index in [1.807, 2.05) is 13.0 Å². The fourth-order valence-electron chi connectivity index (χ4n) is 2.50. The molecular weight excluding hydrogens is 352 g/mol. The van der Waals surface area contributed by atoms with Gasteiger partial charge >= 0.3 is 0 Å². The van der Waals surface area contributed by atoms with Crippen LogP contribution in [0.15, 0.2) is 53.4 Å². The van der Waals surface area contributed by atoms with Crippen LogP contribution in [0, 0.1) is 6.92 Å². The second-order valence-corrected chi connectivity index (χ2v) is 7.75. The van der Waals surface area contributed by atoms with Gasteiger partial charge in [-0.25, -0.2) is 13.1 Å². The van der Waals surface area contributed by atoms with Gasteiger partial charge in [-0.2, -0.15) is 0 Å². The van der Waals surface area contributed by atoms with Gasteiger partial charge in [-0.3, -0.25) is 9.59 Å². The van der Waals surface area contributed by atoms with Gasteiger partial charge in [0.2, 0.25) is 15.9 Å². The highest BCUT2D eigenvalue weighted by Crippen LogP contribution is 2.16. The molecule has 0 saturated heterocycles. The van der Waals surface area contributed by atoms with Crippen LogP contribution in [-0.2, 0) is 14.8 Å². The standard InChI is InChI=1S/C19H22N2O4S/c1-14-5-4-6-19(13-14)26(24,25)20-11-12-21(16(3)23)18-9-7-17(8-10-18)15(2)22/h4-10,13,20H,11-12H2,1-3H3. The maximum absolute atomic E-state index is 12.3. The molecule has 0 heterocycles. The van der Waals surface area contributed by atoms with E-state index < -0.39 is 10.0 Å². The summed E-state index contributed by atoms with van der Waals surface area (Å²) in [5, 5.41) is 0. The predicted molar refractivity (Wildman–Crippen MR) is 101 cm³/mol. The largest absolute Gasteiger partial charge is 0.311 e. The molecular formula is C19H22N2O4S. The Kier molecular flexibility index (Phi) is 6.28. The molecule has 0 aliphatic rings. The van der Waals surface area contributed by atoms with Gasteiger partial charge in [-0.1, -0.05) is 12.1 Å². The number of ketones is 1. The van der Waals surface area contributed by atoms with Crippen molar-refractivity contribution in [3.05, 3.63) is 59.7 Å². The van der Waals surface area contributed by atoms with Gasteiger partial charge in [0.25, 0.3) is 0 Å². The van der Waals surface area contributed by atoms with Gasteiger partial charge in [-0.15, -0.1) is 0 Å². The molecule has 2 aromatic carbocycles. The Balaban J connectivity index is 2.07. The van der Waals surface area contributed by atoms with Crippen molar-refractivity contribution in [1.29, 1.82) is 0 Å². The van der Waals surface area contributed by atoms with Crippen LogP contribution in [0.4, 0.5) is 5.69 Å². The fourth-order valence-corrected chi connectivity index (χ4v) is 3.63. The van der Waals surface area contributed by atoms with Crippen molar-refractivity contribution in [3.63, 3.8) is 0 Å². The highest BCUT2D eigenvalue weighted by molar-refractivity contribution is 7.89. The van der Waals surface area contributed by atoms with E-state index in [1.54, 1.807) is 36.4 Å². The van der Waals surface area contributed by atoms with E-state index in [4.69, 9.17) is 0 Å². The Labute approximate surface area is 153 Å². The van der Waals surface area contributed by atoms with E-state index in [2.05, 4.69) is 4.72 Å². The van der Waals surface area contributed by atoms with Crippen molar-refractivity contribution < 1.29 is 18.0 Å². The molecule has 0 spiro atoms. The first-order valence-corrected chi connectivity index (χ1v) is 9.64. The topological polar surface area (TPSA) is 83.6 Å². The fraction of sp³-hybridized carbons (Fsp3) is 0.263. The number of carbonyl (C=O) groups is 2. The Morgan fingerprint density at radius 1 is 1.04 bits per heavy atom. The summed E-state index contributed by atoms with van der Waals surface area (Å²) in [6, 6.07) is 13.3. The number of amides is 1. The molecule has 0 atom stereocenters. The van der Waals surface area contributed by atoms with E-state index in [-0.39, 0.29) is 29.7 Å². The molecule has 1 amide bonds. The highest BCUT2D eigenvalue weighted by atomic mass is 32.2. The molecule has 0 aliphatic heterocycles. The van der Waals surface area contributed by atoms with Crippen LogP contribution in [-0.4, -0.2) is 33.2 Å². The zero-order valence-corrected chi connectivity index (χ0v) is 15.8. The third-order valence-corrected chi connectivity index (χ3v) is 5.35. The van der Waals surface area contributed by atoms with Crippen LogP contribution in [0.1, 0.15) is 29.8 Å². The normalized spacial score (nSPS) is 11.2. The van der Waals surface area contributed by atoms with Crippen molar-refractivity contribution in [2.24, 2.45) is 0 Å². The molecule has 0 bridgehead atoms. The Morgan fingerprint density at radius 2 is 1.69 bits per heavy atom. The van der Waals surface area contributed by atoms with Gasteiger partial charge in [-0.05, 0) is 55.8 Å². The van der Waals surface area contributed by atoms with Crippen molar-refractivity contribution in [2.45, 2.75) is 25.7 Å². The van der Waals surface area contributed by atoms with Crippen LogP contribution in [0.25, 0.3) is 0 Å². The van der Waals surface area contributed by atoms with E-state index in [9.17, 15) is 18.0 Å². The van der Waals surface area contributed by atoms with Gasteiger partial charge in [0, 0.05) is 31.3 Å². The molecule has 2 aromatic rings. The molecule has 2 rings (SSSR count). The summed E-state index contributed by atoms with van der Waals surface area (Å²) in [6.07, 6.45) is 0. The number of aryl methyl sites for hydroxylation is 1. The first-order valence-electron chi connectivity index (χ1n) is 8.16. The molecule has 0 radical (unpaired) electrons. The van der Waals surface area contributed by atoms with Crippen LogP contribution in [0.3, 0.4) is 0 Å². The summed E-state index contributed by atoms with van der Waals surface area (Å²) in [5.74, 6) is -0.271. The lowest BCUT2D eigenvalue weighted by molar-refractivity contribution is -0.116. The number of benzene rings is 2. The summed E-state index contributed by atoms with van der Waals surface area (Å²) in [5.41, 5.74) is 2.01. The Morgan fingerprint density at radius 3 is 2.23 bits per heavy atom. The zero-order valence-electron chi connectivity index (χ0n) is 15.0. The van der Waals surface area contributed by atoms with E-state index in [0.717, 1.165) is 5.56 Å². The number of Topliss-reactive ketones (excluding diaryl/α,β-unsaturated/α-hetero) is 1. The minimum atomic E-state index is -3.64. The Bertz CT molecular complexity index is 905. The molecule has 0 aliphatic carbocycles. The molecule has 7 heteroatoms. The second kappa shape index (κ2) is 8.25. The van der Waals surface area contributed by atoms with Crippen LogP contribution in [0.5, 0.6) is 0 Å². The van der Waals surface area contributed by atoms with Crippen LogP contribution >= 0.6 is 0 Å². The average Bonchev–Trinajstić information content (AvgIpc) is 2.58. The van der Waals surface area contributed by atoms with Crippen LogP contribution < -0.4 is 9.62 Å². The third kappa shape index (κ3) is 5.00. The van der Waals surface area contributed by atoms with Crippen molar-refractivity contribution in [3.8, 4) is 0 Å². The summed E-state index contributed by atoms with van der Waals surface area (Å²) in [7, 11) is -3.64. The molecule has 0 saturated carbocycles. The number of hydrogen-bond donors (Lipinski definition) is 1. The lowest BCUT2D eigenvalue weighted by atomic mass is 10.1. The second-order valence-electron chi connectivity index (χ2n) is 5.99. The lowest BCUT2D eigenvalue weighted by Gasteiger charge is -2.21. The molecule has 138 valence electrons. The smallest absolute Gasteiger partial charge is 0.240 e. The minimum absolute atomic E-state index is 0.0585.